The monoisotopic (exact) mass is 472 g/mol. The summed E-state index contributed by atoms with van der Waals surface area (Å²) in [6.07, 6.45) is 5.99. The van der Waals surface area contributed by atoms with E-state index >= 15 is 0 Å². The van der Waals surface area contributed by atoms with Crippen LogP contribution in [0.1, 0.15) is 58.6 Å². The van der Waals surface area contributed by atoms with Gasteiger partial charge in [-0.05, 0) is 64.7 Å². The lowest BCUT2D eigenvalue weighted by Gasteiger charge is -2.24. The van der Waals surface area contributed by atoms with Gasteiger partial charge in [-0.2, -0.15) is 0 Å². The van der Waals surface area contributed by atoms with Gasteiger partial charge in [0, 0.05) is 14.2 Å². The highest BCUT2D eigenvalue weighted by molar-refractivity contribution is 7.73. The molecule has 0 saturated heterocycles. The fourth-order valence-electron chi connectivity index (χ4n) is 2.96. The van der Waals surface area contributed by atoms with Crippen LogP contribution in [0.2, 0.25) is 0 Å². The third-order valence-electron chi connectivity index (χ3n) is 4.36. The van der Waals surface area contributed by atoms with Crippen LogP contribution in [0.25, 0.3) is 6.08 Å². The van der Waals surface area contributed by atoms with Crippen LogP contribution in [-0.2, 0) is 34.0 Å². The summed E-state index contributed by atoms with van der Waals surface area (Å²) in [5.74, 6) is -0.321. The third-order valence-corrected chi connectivity index (χ3v) is 9.96. The summed E-state index contributed by atoms with van der Waals surface area (Å²) >= 11 is 0. The molecule has 0 aromatic heterocycles. The molecule has 0 amide bonds. The summed E-state index contributed by atoms with van der Waals surface area (Å²) in [6, 6.07) is 8.03. The van der Waals surface area contributed by atoms with Crippen LogP contribution >= 0.6 is 15.0 Å². The van der Waals surface area contributed by atoms with Crippen molar-refractivity contribution in [2.24, 2.45) is 0 Å². The van der Waals surface area contributed by atoms with Gasteiger partial charge in [0.15, 0.2) is 0 Å². The van der Waals surface area contributed by atoms with E-state index in [1.807, 2.05) is 24.3 Å². The van der Waals surface area contributed by atoms with Crippen LogP contribution in [0, 0.1) is 0 Å². The van der Waals surface area contributed by atoms with Gasteiger partial charge in [0.1, 0.15) is 12.3 Å². The maximum atomic E-state index is 13.2. The van der Waals surface area contributed by atoms with Gasteiger partial charge in [-0.25, -0.2) is 0 Å². The second-order valence-corrected chi connectivity index (χ2v) is 13.3. The molecule has 0 aliphatic rings. The molecule has 0 heterocycles. The first kappa shape index (κ1) is 28.0. The molecule has 176 valence electrons. The van der Waals surface area contributed by atoms with Crippen molar-refractivity contribution in [1.29, 1.82) is 0 Å². The fraction of sp³-hybridized carbons (Fsp3) is 0.565. The number of benzene rings is 1. The Bertz CT molecular complexity index is 832. The van der Waals surface area contributed by atoms with Crippen molar-refractivity contribution in [3.8, 4) is 0 Å². The Morgan fingerprint density at radius 1 is 1.10 bits per heavy atom. The van der Waals surface area contributed by atoms with Crippen LogP contribution in [0.3, 0.4) is 0 Å². The van der Waals surface area contributed by atoms with E-state index in [1.165, 1.54) is 25.4 Å². The molecular weight excluding hydrogens is 434 g/mol. The maximum Gasteiger partial charge on any atom is 0.339 e. The smallest absolute Gasteiger partial charge is 0.339 e. The molecule has 8 heteroatoms. The maximum absolute atomic E-state index is 13.2. The summed E-state index contributed by atoms with van der Waals surface area (Å²) < 4.78 is 46.9. The summed E-state index contributed by atoms with van der Waals surface area (Å²) in [5.41, 5.74) is 4.70. The van der Waals surface area contributed by atoms with Gasteiger partial charge < -0.3 is 18.3 Å². The molecule has 0 fully saturated rings. The minimum absolute atomic E-state index is 0.163. The van der Waals surface area contributed by atoms with Gasteiger partial charge in [-0.1, -0.05) is 41.5 Å². The lowest BCUT2D eigenvalue weighted by atomic mass is 10.1. The van der Waals surface area contributed by atoms with Crippen LogP contribution < -0.4 is 0 Å². The highest BCUT2D eigenvalue weighted by atomic mass is 31.2. The average molecular weight is 472 g/mol. The zero-order chi connectivity index (χ0) is 23.5. The molecule has 1 rings (SSSR count). The summed E-state index contributed by atoms with van der Waals surface area (Å²) in [7, 11) is -4.33. The van der Waals surface area contributed by atoms with Gasteiger partial charge in [0.25, 0.3) is 0 Å². The average Bonchev–Trinajstić information content (AvgIpc) is 2.67. The Labute approximate surface area is 188 Å². The van der Waals surface area contributed by atoms with Crippen molar-refractivity contribution in [2.75, 3.05) is 26.5 Å². The molecule has 1 atom stereocenters. The van der Waals surface area contributed by atoms with Crippen LogP contribution in [-0.4, -0.2) is 32.6 Å². The minimum Gasteiger partial charge on any atom is -0.367 e. The van der Waals surface area contributed by atoms with Crippen molar-refractivity contribution in [3.63, 3.8) is 0 Å². The fourth-order valence-corrected chi connectivity index (χ4v) is 7.94. The molecule has 0 bridgehead atoms. The van der Waals surface area contributed by atoms with Crippen LogP contribution in [0.4, 0.5) is 0 Å². The topological polar surface area (TPSA) is 71.1 Å². The van der Waals surface area contributed by atoms with E-state index in [-0.39, 0.29) is 25.0 Å². The summed E-state index contributed by atoms with van der Waals surface area (Å²) in [4.78, 5) is 0. The Morgan fingerprint density at radius 3 is 2.35 bits per heavy atom. The van der Waals surface area contributed by atoms with Crippen LogP contribution in [0.5, 0.6) is 0 Å². The van der Waals surface area contributed by atoms with E-state index in [1.54, 1.807) is 13.8 Å². The van der Waals surface area contributed by atoms with E-state index in [2.05, 4.69) is 32.9 Å². The Hall–Kier alpha value is -1.00. The van der Waals surface area contributed by atoms with Crippen molar-refractivity contribution in [1.82, 2.24) is 0 Å². The molecule has 1 aromatic carbocycles. The molecule has 1 unspecified atom stereocenters. The van der Waals surface area contributed by atoms with Crippen molar-refractivity contribution in [2.45, 2.75) is 60.2 Å². The van der Waals surface area contributed by atoms with Crippen molar-refractivity contribution < 1.29 is 27.4 Å². The van der Waals surface area contributed by atoms with Gasteiger partial charge >= 0.3 is 7.60 Å². The predicted molar refractivity (Wildman–Crippen MR) is 129 cm³/mol. The SMILES string of the molecule is COP(=O)(CP(=O)(COCc1cccc(/C=C(\C)CCC=C(C)C)c1)OC(C)C)OC. The number of hydrogen-bond donors (Lipinski definition) is 0. The molecule has 1 aromatic rings. The van der Waals surface area contributed by atoms with E-state index < -0.39 is 15.0 Å². The number of rotatable bonds is 14. The van der Waals surface area contributed by atoms with E-state index in [0.717, 1.165) is 24.0 Å². The minimum atomic E-state index is -3.49. The van der Waals surface area contributed by atoms with Gasteiger partial charge in [-0.15, -0.1) is 0 Å². The molecule has 31 heavy (non-hydrogen) atoms. The van der Waals surface area contributed by atoms with E-state index in [4.69, 9.17) is 18.3 Å². The van der Waals surface area contributed by atoms with Crippen LogP contribution in [0.15, 0.2) is 41.5 Å². The quantitative estimate of drug-likeness (QED) is 0.207. The van der Waals surface area contributed by atoms with E-state index in [9.17, 15) is 9.13 Å². The van der Waals surface area contributed by atoms with Crippen molar-refractivity contribution >= 4 is 21.0 Å². The number of allylic oxidation sites excluding steroid dienone is 3. The molecule has 6 nitrogen and oxygen atoms in total. The highest BCUT2D eigenvalue weighted by Gasteiger charge is 2.37. The first-order chi connectivity index (χ1) is 14.5. The predicted octanol–water partition coefficient (Wildman–Crippen LogP) is 7.46. The second-order valence-electron chi connectivity index (χ2n) is 8.12. The van der Waals surface area contributed by atoms with Gasteiger partial charge in [0.2, 0.25) is 7.37 Å². The Morgan fingerprint density at radius 2 is 1.77 bits per heavy atom. The number of hydrogen-bond acceptors (Lipinski definition) is 6. The molecule has 0 aliphatic heterocycles. The molecule has 0 saturated carbocycles. The lowest BCUT2D eigenvalue weighted by molar-refractivity contribution is 0.141. The molecule has 0 aliphatic carbocycles. The molecule has 0 spiro atoms. The van der Waals surface area contributed by atoms with Gasteiger partial charge in [0.05, 0.1) is 12.7 Å². The zero-order valence-electron chi connectivity index (χ0n) is 19.9. The molecule has 0 N–H and O–H groups in total. The highest BCUT2D eigenvalue weighted by Crippen LogP contribution is 2.63. The normalized spacial score (nSPS) is 14.5. The zero-order valence-corrected chi connectivity index (χ0v) is 21.7. The van der Waals surface area contributed by atoms with Gasteiger partial charge in [-0.3, -0.25) is 9.13 Å². The first-order valence-electron chi connectivity index (χ1n) is 10.4. The largest absolute Gasteiger partial charge is 0.367 e. The third kappa shape index (κ3) is 11.4. The molecule has 0 radical (unpaired) electrons. The Balaban J connectivity index is 2.78. The second kappa shape index (κ2) is 13.5. The van der Waals surface area contributed by atoms with E-state index in [0.29, 0.717) is 0 Å². The first-order valence-corrected chi connectivity index (χ1v) is 14.2. The standard InChI is InChI=1S/C23H38O6P2/c1-19(2)10-8-11-21(5)14-22-12-9-13-23(15-22)16-28-17-30(24,29-20(3)4)18-31(25,26-6)27-7/h9-10,12-15,20H,8,11,16-18H2,1-7H3/b21-14+. The lowest BCUT2D eigenvalue weighted by Crippen LogP contribution is -2.10. The Kier molecular flexibility index (Phi) is 12.2. The molecular formula is C23H38O6P2. The summed E-state index contributed by atoms with van der Waals surface area (Å²) in [6.45, 7) is 10.2. The summed E-state index contributed by atoms with van der Waals surface area (Å²) in [5, 5.41) is 0. The van der Waals surface area contributed by atoms with Crippen molar-refractivity contribution in [3.05, 3.63) is 52.6 Å². The number of ether oxygens (including phenoxy) is 1.